The molecule has 1 rings (SSSR count). The van der Waals surface area contributed by atoms with E-state index in [4.69, 9.17) is 0 Å². The second-order valence-electron chi connectivity index (χ2n) is 3.39. The Morgan fingerprint density at radius 1 is 1.60 bits per heavy atom. The van der Waals surface area contributed by atoms with Crippen molar-refractivity contribution in [3.05, 3.63) is 22.9 Å². The van der Waals surface area contributed by atoms with Gasteiger partial charge in [-0.1, -0.05) is 6.92 Å². The summed E-state index contributed by atoms with van der Waals surface area (Å²) in [6.07, 6.45) is 4.81. The highest BCUT2D eigenvalue weighted by Gasteiger charge is 2.04. The molecule has 1 heterocycles. The van der Waals surface area contributed by atoms with Gasteiger partial charge in [-0.25, -0.2) is 0 Å². The quantitative estimate of drug-likeness (QED) is 0.807. The molecule has 0 fully saturated rings. The minimum atomic E-state index is 0.503. The van der Waals surface area contributed by atoms with E-state index in [-0.39, 0.29) is 0 Å². The SMILES string of the molecule is CCSCCC(C)Nc1ccncc1Br. The van der Waals surface area contributed by atoms with Crippen LogP contribution in [-0.2, 0) is 0 Å². The Morgan fingerprint density at radius 3 is 3.07 bits per heavy atom. The van der Waals surface area contributed by atoms with Gasteiger partial charge in [0.2, 0.25) is 0 Å². The van der Waals surface area contributed by atoms with E-state index >= 15 is 0 Å². The van der Waals surface area contributed by atoms with Crippen LogP contribution in [0.4, 0.5) is 5.69 Å². The van der Waals surface area contributed by atoms with Gasteiger partial charge in [0.05, 0.1) is 10.2 Å². The van der Waals surface area contributed by atoms with Gasteiger partial charge < -0.3 is 5.32 Å². The monoisotopic (exact) mass is 288 g/mol. The molecule has 1 aromatic heterocycles. The fraction of sp³-hybridized carbons (Fsp3) is 0.545. The molecule has 0 spiro atoms. The van der Waals surface area contributed by atoms with E-state index in [9.17, 15) is 0 Å². The number of rotatable bonds is 6. The van der Waals surface area contributed by atoms with E-state index in [0.717, 1.165) is 10.2 Å². The summed E-state index contributed by atoms with van der Waals surface area (Å²) in [5.74, 6) is 2.42. The zero-order valence-electron chi connectivity index (χ0n) is 9.16. The van der Waals surface area contributed by atoms with Crippen LogP contribution in [-0.4, -0.2) is 22.5 Å². The van der Waals surface area contributed by atoms with Crippen LogP contribution in [0, 0.1) is 0 Å². The van der Waals surface area contributed by atoms with Gasteiger partial charge in [-0.2, -0.15) is 11.8 Å². The summed E-state index contributed by atoms with van der Waals surface area (Å²) in [6.45, 7) is 4.41. The van der Waals surface area contributed by atoms with E-state index in [1.165, 1.54) is 17.9 Å². The van der Waals surface area contributed by atoms with E-state index in [2.05, 4.69) is 40.1 Å². The average Bonchev–Trinajstić information content (AvgIpc) is 2.22. The molecule has 0 amide bonds. The molecule has 0 saturated heterocycles. The van der Waals surface area contributed by atoms with E-state index < -0.39 is 0 Å². The van der Waals surface area contributed by atoms with Crippen LogP contribution in [0.1, 0.15) is 20.3 Å². The maximum Gasteiger partial charge on any atom is 0.0590 e. The van der Waals surface area contributed by atoms with E-state index in [0.29, 0.717) is 6.04 Å². The highest BCUT2D eigenvalue weighted by molar-refractivity contribution is 9.10. The van der Waals surface area contributed by atoms with Crippen molar-refractivity contribution in [3.8, 4) is 0 Å². The number of aromatic nitrogens is 1. The zero-order valence-corrected chi connectivity index (χ0v) is 11.6. The molecule has 0 aliphatic rings. The number of thioether (sulfide) groups is 1. The molecule has 2 nitrogen and oxygen atoms in total. The third kappa shape index (κ3) is 4.89. The average molecular weight is 289 g/mol. The van der Waals surface area contributed by atoms with Gasteiger partial charge >= 0.3 is 0 Å². The van der Waals surface area contributed by atoms with Gasteiger partial charge in [0, 0.05) is 18.4 Å². The maximum absolute atomic E-state index is 4.04. The van der Waals surface area contributed by atoms with Gasteiger partial charge in [0.25, 0.3) is 0 Å². The highest BCUT2D eigenvalue weighted by atomic mass is 79.9. The number of halogens is 1. The maximum atomic E-state index is 4.04. The summed E-state index contributed by atoms with van der Waals surface area (Å²) < 4.78 is 1.03. The number of nitrogens with one attached hydrogen (secondary N) is 1. The first-order valence-electron chi connectivity index (χ1n) is 5.17. The summed E-state index contributed by atoms with van der Waals surface area (Å²) >= 11 is 5.46. The van der Waals surface area contributed by atoms with Crippen molar-refractivity contribution >= 4 is 33.4 Å². The Morgan fingerprint density at radius 2 is 2.40 bits per heavy atom. The minimum absolute atomic E-state index is 0.503. The van der Waals surface area contributed by atoms with Gasteiger partial charge in [0.15, 0.2) is 0 Å². The lowest BCUT2D eigenvalue weighted by molar-refractivity contribution is 0.770. The Hall–Kier alpha value is -0.220. The molecule has 1 unspecified atom stereocenters. The summed E-state index contributed by atoms with van der Waals surface area (Å²) in [6, 6.07) is 2.50. The van der Waals surface area contributed by atoms with Gasteiger partial charge in [-0.3, -0.25) is 4.98 Å². The number of pyridine rings is 1. The Kier molecular flexibility index (Phi) is 6.10. The van der Waals surface area contributed by atoms with Crippen LogP contribution in [0.5, 0.6) is 0 Å². The highest BCUT2D eigenvalue weighted by Crippen LogP contribution is 2.21. The van der Waals surface area contributed by atoms with Gasteiger partial charge in [0.1, 0.15) is 0 Å². The lowest BCUT2D eigenvalue weighted by atomic mass is 10.2. The lowest BCUT2D eigenvalue weighted by Crippen LogP contribution is -2.16. The van der Waals surface area contributed by atoms with Crippen LogP contribution in [0.3, 0.4) is 0 Å². The molecular weight excluding hydrogens is 272 g/mol. The van der Waals surface area contributed by atoms with Crippen molar-refractivity contribution in [2.24, 2.45) is 0 Å². The molecule has 15 heavy (non-hydrogen) atoms. The minimum Gasteiger partial charge on any atom is -0.382 e. The predicted octanol–water partition coefficient (Wildman–Crippen LogP) is 3.79. The fourth-order valence-electron chi connectivity index (χ4n) is 1.23. The normalized spacial score (nSPS) is 12.5. The Bertz CT molecular complexity index is 294. The van der Waals surface area contributed by atoms with Crippen molar-refractivity contribution < 1.29 is 0 Å². The number of anilines is 1. The molecule has 0 saturated carbocycles. The van der Waals surface area contributed by atoms with Crippen molar-refractivity contribution in [2.45, 2.75) is 26.3 Å². The first kappa shape index (κ1) is 12.8. The molecule has 84 valence electrons. The Labute approximate surface area is 104 Å². The third-order valence-electron chi connectivity index (χ3n) is 2.07. The van der Waals surface area contributed by atoms with Gasteiger partial charge in [-0.15, -0.1) is 0 Å². The van der Waals surface area contributed by atoms with Crippen molar-refractivity contribution in [3.63, 3.8) is 0 Å². The summed E-state index contributed by atoms with van der Waals surface area (Å²) in [5, 5.41) is 3.47. The van der Waals surface area contributed by atoms with E-state index in [1.54, 1.807) is 6.20 Å². The van der Waals surface area contributed by atoms with Crippen molar-refractivity contribution in [1.29, 1.82) is 0 Å². The van der Waals surface area contributed by atoms with Gasteiger partial charge in [-0.05, 0) is 46.8 Å². The summed E-state index contributed by atoms with van der Waals surface area (Å²) in [5.41, 5.74) is 1.12. The summed E-state index contributed by atoms with van der Waals surface area (Å²) in [4.78, 5) is 4.04. The molecular formula is C11H17BrN2S. The molecule has 0 radical (unpaired) electrons. The molecule has 0 aromatic carbocycles. The van der Waals surface area contributed by atoms with Crippen LogP contribution in [0.15, 0.2) is 22.9 Å². The van der Waals surface area contributed by atoms with Crippen LogP contribution < -0.4 is 5.32 Å². The molecule has 0 bridgehead atoms. The van der Waals surface area contributed by atoms with E-state index in [1.807, 2.05) is 24.0 Å². The van der Waals surface area contributed by atoms with Crippen molar-refractivity contribution in [1.82, 2.24) is 4.98 Å². The van der Waals surface area contributed by atoms with Crippen LogP contribution in [0.25, 0.3) is 0 Å². The standard InChI is InChI=1S/C11H17BrN2S/c1-3-15-7-5-9(2)14-11-4-6-13-8-10(11)12/h4,6,8-9H,3,5,7H2,1-2H3,(H,13,14). The third-order valence-corrected chi connectivity index (χ3v) is 3.64. The second kappa shape index (κ2) is 7.12. The first-order valence-corrected chi connectivity index (χ1v) is 7.12. The largest absolute Gasteiger partial charge is 0.382 e. The first-order chi connectivity index (χ1) is 7.24. The lowest BCUT2D eigenvalue weighted by Gasteiger charge is -2.15. The molecule has 0 aliphatic heterocycles. The molecule has 1 atom stereocenters. The zero-order chi connectivity index (χ0) is 11.1. The smallest absolute Gasteiger partial charge is 0.0590 e. The number of hydrogen-bond donors (Lipinski definition) is 1. The Balaban J connectivity index is 2.37. The second-order valence-corrected chi connectivity index (χ2v) is 5.63. The topological polar surface area (TPSA) is 24.9 Å². The predicted molar refractivity (Wildman–Crippen MR) is 72.6 cm³/mol. The fourth-order valence-corrected chi connectivity index (χ4v) is 2.41. The van der Waals surface area contributed by atoms with Crippen molar-refractivity contribution in [2.75, 3.05) is 16.8 Å². The molecule has 1 N–H and O–H groups in total. The molecule has 4 heteroatoms. The molecule has 1 aromatic rings. The number of hydrogen-bond acceptors (Lipinski definition) is 3. The van der Waals surface area contributed by atoms with Crippen LogP contribution >= 0.6 is 27.7 Å². The summed E-state index contributed by atoms with van der Waals surface area (Å²) in [7, 11) is 0. The number of nitrogens with zero attached hydrogens (tertiary/aromatic N) is 1. The molecule has 0 aliphatic carbocycles. The van der Waals surface area contributed by atoms with Crippen LogP contribution in [0.2, 0.25) is 0 Å².